The minimum absolute atomic E-state index is 0.253. The molecule has 0 spiro atoms. The third kappa shape index (κ3) is 4.33. The molecule has 1 aromatic heterocycles. The smallest absolute Gasteiger partial charge is 0.319 e. The van der Waals surface area contributed by atoms with Gasteiger partial charge < -0.3 is 4.57 Å². The molecule has 0 bridgehead atoms. The Morgan fingerprint density at radius 3 is 2.09 bits per heavy atom. The maximum atomic E-state index is 12.4. The molecule has 3 aromatic carbocycles. The third-order valence-electron chi connectivity index (χ3n) is 4.86. The number of rotatable bonds is 6. The van der Waals surface area contributed by atoms with E-state index in [-0.39, 0.29) is 10.5 Å². The van der Waals surface area contributed by atoms with Gasteiger partial charge in [-0.3, -0.25) is 0 Å². The highest BCUT2D eigenvalue weighted by Crippen LogP contribution is 2.30. The number of hydrogen-bond acceptors (Lipinski definition) is 5. The Balaban J connectivity index is 1.68. The number of aromatic nitrogens is 2. The highest BCUT2D eigenvalue weighted by atomic mass is 35.5. The molecular weight excluding hydrogens is 470 g/mol. The van der Waals surface area contributed by atoms with E-state index >= 15 is 0 Å². The van der Waals surface area contributed by atoms with E-state index in [0.29, 0.717) is 17.3 Å². The highest BCUT2D eigenvalue weighted by Gasteiger charge is 2.30. The first-order valence-corrected chi connectivity index (χ1v) is 13.3. The minimum atomic E-state index is -4.81. The molecule has 7 nitrogen and oxygen atoms in total. The topological polar surface area (TPSA) is 112 Å². The normalized spacial score (nSPS) is 12.1. The van der Waals surface area contributed by atoms with Crippen LogP contribution in [-0.4, -0.2) is 26.4 Å². The van der Waals surface area contributed by atoms with Crippen LogP contribution in [0.3, 0.4) is 0 Å². The maximum Gasteiger partial charge on any atom is 0.319 e. The van der Waals surface area contributed by atoms with E-state index in [0.717, 1.165) is 17.0 Å². The molecule has 0 saturated carbocycles. The Morgan fingerprint density at radius 1 is 0.812 bits per heavy atom. The van der Waals surface area contributed by atoms with Crippen molar-refractivity contribution in [2.75, 3.05) is 0 Å². The summed E-state index contributed by atoms with van der Waals surface area (Å²) in [6, 6.07) is 22.6. The van der Waals surface area contributed by atoms with E-state index in [4.69, 9.17) is 16.7 Å². The summed E-state index contributed by atoms with van der Waals surface area (Å²) >= 11 is 6.14. The zero-order valence-electron chi connectivity index (χ0n) is 16.6. The lowest BCUT2D eigenvalue weighted by Crippen LogP contribution is -2.24. The Morgan fingerprint density at radius 2 is 1.44 bits per heavy atom. The van der Waals surface area contributed by atoms with E-state index < -0.39 is 17.9 Å². The first-order chi connectivity index (χ1) is 15.2. The molecule has 0 atom stereocenters. The largest absolute Gasteiger partial charge is 0.325 e. The maximum absolute atomic E-state index is 12.4. The molecule has 0 fully saturated rings. The zero-order chi connectivity index (χ0) is 22.9. The SMILES string of the molecule is NS(=O)(=O)S(=O)(=O)c1ccccc1-c1ccc(Cn2cc(Cl)nc2-c2ccccc2)cc1. The van der Waals surface area contributed by atoms with Gasteiger partial charge >= 0.3 is 9.06 Å². The van der Waals surface area contributed by atoms with Crippen molar-refractivity contribution in [2.24, 2.45) is 5.14 Å². The monoisotopic (exact) mass is 487 g/mol. The number of benzene rings is 3. The van der Waals surface area contributed by atoms with Crippen LogP contribution in [0.15, 0.2) is 90.0 Å². The van der Waals surface area contributed by atoms with Crippen LogP contribution >= 0.6 is 11.6 Å². The van der Waals surface area contributed by atoms with Crippen molar-refractivity contribution in [2.45, 2.75) is 11.4 Å². The number of nitrogens with two attached hydrogens (primary N) is 1. The summed E-state index contributed by atoms with van der Waals surface area (Å²) < 4.78 is 49.9. The summed E-state index contributed by atoms with van der Waals surface area (Å²) in [5.74, 6) is 0.726. The number of nitrogens with zero attached hydrogens (tertiary/aromatic N) is 2. The van der Waals surface area contributed by atoms with Crippen molar-refractivity contribution in [1.29, 1.82) is 0 Å². The van der Waals surface area contributed by atoms with E-state index in [1.165, 1.54) is 18.2 Å². The number of imidazole rings is 1. The average Bonchev–Trinajstić information content (AvgIpc) is 3.14. The Hall–Kier alpha value is -2.98. The van der Waals surface area contributed by atoms with Gasteiger partial charge in [0.2, 0.25) is 0 Å². The van der Waals surface area contributed by atoms with E-state index in [1.54, 1.807) is 24.4 Å². The summed E-state index contributed by atoms with van der Waals surface area (Å²) in [5.41, 5.74) is 2.65. The zero-order valence-corrected chi connectivity index (χ0v) is 19.0. The average molecular weight is 488 g/mol. The fourth-order valence-corrected chi connectivity index (χ4v) is 5.69. The Bertz CT molecular complexity index is 1480. The molecule has 4 rings (SSSR count). The molecule has 10 heteroatoms. The second kappa shape index (κ2) is 8.51. The van der Waals surface area contributed by atoms with Gasteiger partial charge in [0.1, 0.15) is 11.0 Å². The van der Waals surface area contributed by atoms with E-state index in [1.807, 2.05) is 47.0 Å². The summed E-state index contributed by atoms with van der Waals surface area (Å²) in [6.07, 6.45) is 1.74. The standard InChI is InChI=1S/C22H18ClN3O4S2/c23-21-15-26(22(25-21)18-6-2-1-3-7-18)14-16-10-12-17(13-11-16)19-8-4-5-9-20(19)31(27,28)32(24,29)30/h1-13,15H,14H2,(H2,24,29,30). The van der Waals surface area contributed by atoms with Crippen molar-refractivity contribution >= 4 is 29.5 Å². The molecule has 0 aliphatic rings. The summed E-state index contributed by atoms with van der Waals surface area (Å²) in [4.78, 5) is 4.04. The van der Waals surface area contributed by atoms with Crippen LogP contribution < -0.4 is 5.14 Å². The van der Waals surface area contributed by atoms with Gasteiger partial charge in [-0.25, -0.2) is 18.5 Å². The van der Waals surface area contributed by atoms with Crippen LogP contribution in [0, 0.1) is 0 Å². The fraction of sp³-hybridized carbons (Fsp3) is 0.0455. The van der Waals surface area contributed by atoms with Crippen LogP contribution in [0.1, 0.15) is 5.56 Å². The third-order valence-corrected chi connectivity index (χ3v) is 8.92. The van der Waals surface area contributed by atoms with Gasteiger partial charge in [0, 0.05) is 23.9 Å². The lowest BCUT2D eigenvalue weighted by atomic mass is 10.0. The first kappa shape index (κ1) is 22.2. The fourth-order valence-electron chi connectivity index (χ4n) is 3.36. The summed E-state index contributed by atoms with van der Waals surface area (Å²) in [6.45, 7) is 0.487. The molecule has 2 N–H and O–H groups in total. The summed E-state index contributed by atoms with van der Waals surface area (Å²) in [7, 11) is -9.54. The van der Waals surface area contributed by atoms with Gasteiger partial charge in [-0.1, -0.05) is 84.4 Å². The van der Waals surface area contributed by atoms with Crippen LogP contribution in [0.2, 0.25) is 5.15 Å². The number of hydrogen-bond donors (Lipinski definition) is 1. The molecule has 0 aliphatic heterocycles. The Kier molecular flexibility index (Phi) is 5.91. The summed E-state index contributed by atoms with van der Waals surface area (Å²) in [5, 5.41) is 5.31. The van der Waals surface area contributed by atoms with Crippen LogP contribution in [0.4, 0.5) is 0 Å². The van der Waals surface area contributed by atoms with E-state index in [2.05, 4.69) is 4.98 Å². The van der Waals surface area contributed by atoms with Gasteiger partial charge in [0.25, 0.3) is 8.87 Å². The number of halogens is 1. The van der Waals surface area contributed by atoms with Crippen molar-refractivity contribution in [3.8, 4) is 22.5 Å². The van der Waals surface area contributed by atoms with Gasteiger partial charge in [0.15, 0.2) is 0 Å². The van der Waals surface area contributed by atoms with Crippen molar-refractivity contribution in [1.82, 2.24) is 9.55 Å². The molecule has 0 saturated heterocycles. The minimum Gasteiger partial charge on any atom is -0.325 e. The second-order valence-corrected chi connectivity index (χ2v) is 12.5. The van der Waals surface area contributed by atoms with E-state index in [9.17, 15) is 16.8 Å². The molecule has 32 heavy (non-hydrogen) atoms. The molecule has 0 radical (unpaired) electrons. The molecule has 4 aromatic rings. The van der Waals surface area contributed by atoms with Crippen LogP contribution in [0.25, 0.3) is 22.5 Å². The molecule has 0 amide bonds. The lowest BCUT2D eigenvalue weighted by molar-refractivity contribution is 0.583. The van der Waals surface area contributed by atoms with Gasteiger partial charge in [-0.05, 0) is 17.2 Å². The van der Waals surface area contributed by atoms with Crippen molar-refractivity contribution in [3.05, 3.63) is 95.8 Å². The lowest BCUT2D eigenvalue weighted by Gasteiger charge is -2.11. The van der Waals surface area contributed by atoms with Gasteiger partial charge in [-0.15, -0.1) is 0 Å². The van der Waals surface area contributed by atoms with Gasteiger partial charge in [0.05, 0.1) is 4.90 Å². The predicted molar refractivity (Wildman–Crippen MR) is 124 cm³/mol. The predicted octanol–water partition coefficient (Wildman–Crippen LogP) is 3.90. The van der Waals surface area contributed by atoms with Crippen LogP contribution in [-0.2, 0) is 24.5 Å². The highest BCUT2D eigenvalue weighted by molar-refractivity contribution is 8.66. The first-order valence-electron chi connectivity index (χ1n) is 9.41. The molecule has 0 unspecified atom stereocenters. The molecule has 164 valence electrons. The van der Waals surface area contributed by atoms with Crippen LogP contribution in [0.5, 0.6) is 0 Å². The van der Waals surface area contributed by atoms with Crippen molar-refractivity contribution in [3.63, 3.8) is 0 Å². The molecule has 0 aliphatic carbocycles. The van der Waals surface area contributed by atoms with Crippen molar-refractivity contribution < 1.29 is 16.8 Å². The quantitative estimate of drug-likeness (QED) is 0.414. The molecule has 1 heterocycles. The Labute approximate surface area is 190 Å². The van der Waals surface area contributed by atoms with Gasteiger partial charge in [-0.2, -0.15) is 8.42 Å². The second-order valence-electron chi connectivity index (χ2n) is 7.02. The molecular formula is C22H18ClN3O4S2.